The molecule has 0 spiro atoms. The molecule has 129 valence electrons. The molecule has 1 unspecified atom stereocenters. The predicted molar refractivity (Wildman–Crippen MR) is 88.4 cm³/mol. The summed E-state index contributed by atoms with van der Waals surface area (Å²) in [4.78, 5) is 12.2. The van der Waals surface area contributed by atoms with E-state index in [2.05, 4.69) is 42.8 Å². The van der Waals surface area contributed by atoms with Crippen molar-refractivity contribution in [2.24, 2.45) is 0 Å². The van der Waals surface area contributed by atoms with E-state index < -0.39 is 0 Å². The maximum absolute atomic E-state index is 12.2. The first-order chi connectivity index (χ1) is 11.3. The minimum Gasteiger partial charge on any atom is -0.372 e. The lowest BCUT2D eigenvalue weighted by Gasteiger charge is -2.24. The summed E-state index contributed by atoms with van der Waals surface area (Å²) < 4.78 is 12.7. The van der Waals surface area contributed by atoms with Gasteiger partial charge in [-0.25, -0.2) is 0 Å². The van der Waals surface area contributed by atoms with Crippen LogP contribution in [-0.2, 0) is 21.5 Å². The molecule has 1 aliphatic heterocycles. The van der Waals surface area contributed by atoms with Crippen molar-refractivity contribution in [3.63, 3.8) is 0 Å². The van der Waals surface area contributed by atoms with E-state index >= 15 is 0 Å². The largest absolute Gasteiger partial charge is 0.372 e. The molecule has 2 aromatic rings. The topological polar surface area (TPSA) is 82.2 Å². The highest BCUT2D eigenvalue weighted by atomic mass is 16.5. The molecule has 1 amide bonds. The number of rotatable bonds is 4. The summed E-state index contributed by atoms with van der Waals surface area (Å²) in [6.07, 6.45) is 3.08. The second-order valence-electron chi connectivity index (χ2n) is 7.04. The average molecular weight is 331 g/mol. The third kappa shape index (κ3) is 3.67. The molecule has 3 heterocycles. The summed E-state index contributed by atoms with van der Waals surface area (Å²) in [6, 6.07) is 3.64. The Morgan fingerprint density at radius 1 is 1.42 bits per heavy atom. The molecular formula is C17H23N4O3. The highest BCUT2D eigenvalue weighted by molar-refractivity contribution is 5.91. The number of nitrogens with zero attached hydrogens (tertiary/aromatic N) is 3. The molecule has 24 heavy (non-hydrogen) atoms. The second kappa shape index (κ2) is 6.39. The van der Waals surface area contributed by atoms with Crippen LogP contribution in [0, 0.1) is 13.3 Å². The quantitative estimate of drug-likeness (QED) is 0.931. The number of aryl methyl sites for hydroxylation is 1. The molecule has 7 heteroatoms. The van der Waals surface area contributed by atoms with Gasteiger partial charge >= 0.3 is 0 Å². The number of anilines is 1. The number of carbonyl (C=O) groups is 1. The van der Waals surface area contributed by atoms with Gasteiger partial charge in [0.05, 0.1) is 36.1 Å². The Hall–Kier alpha value is -2.15. The minimum absolute atomic E-state index is 0.0145. The highest BCUT2D eigenvalue weighted by Crippen LogP contribution is 2.32. The molecule has 1 radical (unpaired) electrons. The van der Waals surface area contributed by atoms with Crippen LogP contribution in [0.4, 0.5) is 5.82 Å². The van der Waals surface area contributed by atoms with Gasteiger partial charge in [0.25, 0.3) is 0 Å². The summed E-state index contributed by atoms with van der Waals surface area (Å²) in [6.45, 7) is 8.69. The minimum atomic E-state index is -0.202. The molecule has 7 nitrogen and oxygen atoms in total. The summed E-state index contributed by atoms with van der Waals surface area (Å²) in [7, 11) is 0. The normalized spacial score (nSPS) is 18.1. The lowest BCUT2D eigenvalue weighted by molar-refractivity contribution is -0.115. The molecule has 0 aliphatic carbocycles. The third-order valence-corrected chi connectivity index (χ3v) is 3.78. The van der Waals surface area contributed by atoms with Gasteiger partial charge in [-0.1, -0.05) is 5.16 Å². The van der Waals surface area contributed by atoms with Gasteiger partial charge in [-0.05, 0) is 40.5 Å². The first-order valence-electron chi connectivity index (χ1n) is 8.08. The van der Waals surface area contributed by atoms with Crippen molar-refractivity contribution in [1.82, 2.24) is 14.9 Å². The summed E-state index contributed by atoms with van der Waals surface area (Å²) in [5.41, 5.74) is 1.53. The summed E-state index contributed by atoms with van der Waals surface area (Å²) in [5.74, 6) is 0.876. The first kappa shape index (κ1) is 16.7. The van der Waals surface area contributed by atoms with Crippen LogP contribution in [0.2, 0.25) is 0 Å². The first-order valence-corrected chi connectivity index (χ1v) is 8.08. The molecule has 1 aliphatic rings. The van der Waals surface area contributed by atoms with Crippen molar-refractivity contribution in [1.29, 1.82) is 0 Å². The molecular weight excluding hydrogens is 308 g/mol. The van der Waals surface area contributed by atoms with Crippen molar-refractivity contribution >= 4 is 11.7 Å². The van der Waals surface area contributed by atoms with Crippen LogP contribution in [0.1, 0.15) is 50.4 Å². The number of hydrogen-bond donors (Lipinski definition) is 1. The lowest BCUT2D eigenvalue weighted by Crippen LogP contribution is -2.26. The fourth-order valence-electron chi connectivity index (χ4n) is 2.75. The average Bonchev–Trinajstić information content (AvgIpc) is 3.17. The molecule has 1 N–H and O–H groups in total. The summed E-state index contributed by atoms with van der Waals surface area (Å²) >= 11 is 0. The Morgan fingerprint density at radius 2 is 2.21 bits per heavy atom. The SMILES string of the molecule is Cc1cc(CC(=O)Nc2cc(C3C[CH]CO3)n(C(C)(C)C)n2)on1. The third-order valence-electron chi connectivity index (χ3n) is 3.78. The Morgan fingerprint density at radius 3 is 2.79 bits per heavy atom. The van der Waals surface area contributed by atoms with Crippen molar-refractivity contribution in [3.8, 4) is 0 Å². The van der Waals surface area contributed by atoms with Gasteiger partial charge in [-0.3, -0.25) is 9.48 Å². The number of carbonyl (C=O) groups excluding carboxylic acids is 1. The number of aromatic nitrogens is 3. The zero-order chi connectivity index (χ0) is 17.3. The highest BCUT2D eigenvalue weighted by Gasteiger charge is 2.28. The van der Waals surface area contributed by atoms with Crippen molar-refractivity contribution in [2.75, 3.05) is 11.9 Å². The number of hydrogen-bond acceptors (Lipinski definition) is 5. The van der Waals surface area contributed by atoms with Gasteiger partial charge in [0.1, 0.15) is 5.76 Å². The van der Waals surface area contributed by atoms with Gasteiger partial charge < -0.3 is 14.6 Å². The molecule has 1 saturated heterocycles. The van der Waals surface area contributed by atoms with Crippen LogP contribution < -0.4 is 5.32 Å². The number of amides is 1. The molecule has 1 fully saturated rings. The lowest BCUT2D eigenvalue weighted by atomic mass is 10.1. The Labute approximate surface area is 141 Å². The molecule has 0 saturated carbocycles. The fourth-order valence-corrected chi connectivity index (χ4v) is 2.75. The smallest absolute Gasteiger partial charge is 0.233 e. The van der Waals surface area contributed by atoms with Crippen LogP contribution >= 0.6 is 0 Å². The predicted octanol–water partition coefficient (Wildman–Crippen LogP) is 2.78. The van der Waals surface area contributed by atoms with Crippen LogP contribution in [0.5, 0.6) is 0 Å². The van der Waals surface area contributed by atoms with E-state index in [4.69, 9.17) is 9.26 Å². The van der Waals surface area contributed by atoms with Gasteiger partial charge in [0.2, 0.25) is 5.91 Å². The monoisotopic (exact) mass is 331 g/mol. The van der Waals surface area contributed by atoms with E-state index in [-0.39, 0.29) is 24.0 Å². The molecule has 0 bridgehead atoms. The van der Waals surface area contributed by atoms with E-state index in [0.717, 1.165) is 17.8 Å². The van der Waals surface area contributed by atoms with E-state index in [1.165, 1.54) is 0 Å². The zero-order valence-corrected chi connectivity index (χ0v) is 14.5. The van der Waals surface area contributed by atoms with Crippen LogP contribution in [-0.4, -0.2) is 27.5 Å². The molecule has 2 aromatic heterocycles. The molecule has 1 atom stereocenters. The van der Waals surface area contributed by atoms with E-state index in [1.807, 2.05) is 17.7 Å². The van der Waals surface area contributed by atoms with Gasteiger partial charge in [-0.15, -0.1) is 0 Å². The maximum Gasteiger partial charge on any atom is 0.233 e. The zero-order valence-electron chi connectivity index (χ0n) is 14.5. The van der Waals surface area contributed by atoms with E-state index in [9.17, 15) is 4.79 Å². The van der Waals surface area contributed by atoms with Crippen LogP contribution in [0.3, 0.4) is 0 Å². The van der Waals surface area contributed by atoms with Crippen LogP contribution in [0.15, 0.2) is 16.7 Å². The summed E-state index contributed by atoms with van der Waals surface area (Å²) in [5, 5.41) is 11.2. The second-order valence-corrected chi connectivity index (χ2v) is 7.04. The van der Waals surface area contributed by atoms with Gasteiger partial charge in [-0.2, -0.15) is 5.10 Å². The van der Waals surface area contributed by atoms with E-state index in [0.29, 0.717) is 18.2 Å². The Bertz CT molecular complexity index is 721. The van der Waals surface area contributed by atoms with Crippen molar-refractivity contribution in [2.45, 2.75) is 52.2 Å². The molecule has 0 aromatic carbocycles. The standard InChI is InChI=1S/C17H23N4O3/c1-11-8-12(24-20-11)9-16(22)18-15-10-13(14-6-5-7-23-14)21(19-15)17(2,3)4/h5,8,10,14H,6-7,9H2,1-4H3,(H,18,19,22). The van der Waals surface area contributed by atoms with Crippen LogP contribution in [0.25, 0.3) is 0 Å². The van der Waals surface area contributed by atoms with Gasteiger partial charge in [0, 0.05) is 12.1 Å². The number of ether oxygens (including phenoxy) is 1. The van der Waals surface area contributed by atoms with E-state index in [1.54, 1.807) is 6.07 Å². The number of nitrogens with one attached hydrogen (secondary N) is 1. The van der Waals surface area contributed by atoms with Crippen molar-refractivity contribution in [3.05, 3.63) is 35.7 Å². The van der Waals surface area contributed by atoms with Gasteiger partial charge in [0.15, 0.2) is 5.82 Å². The fraction of sp³-hybridized carbons (Fsp3) is 0.529. The maximum atomic E-state index is 12.2. The molecule has 3 rings (SSSR count). The Kier molecular flexibility index (Phi) is 4.45. The Balaban J connectivity index is 1.76. The van der Waals surface area contributed by atoms with Crippen molar-refractivity contribution < 1.29 is 14.1 Å².